The van der Waals surface area contributed by atoms with Gasteiger partial charge in [-0.1, -0.05) is 97.1 Å². The van der Waals surface area contributed by atoms with Crippen molar-refractivity contribution in [3.63, 3.8) is 0 Å². The summed E-state index contributed by atoms with van der Waals surface area (Å²) in [6, 6.07) is 35.9. The first kappa shape index (κ1) is 15.3. The molecule has 0 saturated heterocycles. The topological polar surface area (TPSA) is 0 Å². The second-order valence-corrected chi connectivity index (χ2v) is 8.11. The van der Waals surface area contributed by atoms with Gasteiger partial charge < -0.3 is 0 Å². The Hall–Kier alpha value is -3.64. The minimum Gasteiger partial charge on any atom is -0.0619 e. The van der Waals surface area contributed by atoms with Crippen LogP contribution in [0.4, 0.5) is 0 Å². The summed E-state index contributed by atoms with van der Waals surface area (Å²) in [5.74, 6) is 0. The average molecular weight is 366 g/mol. The third-order valence-corrected chi connectivity index (χ3v) is 6.64. The van der Waals surface area contributed by atoms with Crippen molar-refractivity contribution in [3.8, 4) is 11.1 Å². The molecule has 6 aromatic carbocycles. The van der Waals surface area contributed by atoms with Gasteiger partial charge >= 0.3 is 0 Å². The molecule has 0 nitrogen and oxygen atoms in total. The molecule has 0 aromatic heterocycles. The molecule has 0 radical (unpaired) electrons. The predicted octanol–water partition coefficient (Wildman–Crippen LogP) is 7.87. The highest BCUT2D eigenvalue weighted by molar-refractivity contribution is 6.34. The molecule has 1 aliphatic rings. The molecule has 0 amide bonds. The maximum Gasteiger partial charge on any atom is -0.00132 e. The maximum absolute atomic E-state index is 2.36. The lowest BCUT2D eigenvalue weighted by atomic mass is 9.87. The highest BCUT2D eigenvalue weighted by Crippen LogP contribution is 2.47. The van der Waals surface area contributed by atoms with Crippen molar-refractivity contribution in [2.45, 2.75) is 6.42 Å². The standard InChI is InChI=1S/C29H18/c1-3-9-21-18(7-1)13-15-25-23-11-5-6-12-24(23)29-26(28(21)25)16-14-20-17-19-8-2-4-10-22(19)27(20)29/h1-16H,17H2. The normalized spacial score (nSPS) is 12.7. The van der Waals surface area contributed by atoms with E-state index in [4.69, 9.17) is 0 Å². The van der Waals surface area contributed by atoms with Crippen molar-refractivity contribution in [1.29, 1.82) is 0 Å². The number of rotatable bonds is 0. The Labute approximate surface area is 169 Å². The zero-order valence-electron chi connectivity index (χ0n) is 15.9. The molecule has 0 atom stereocenters. The molecule has 0 aliphatic heterocycles. The van der Waals surface area contributed by atoms with Gasteiger partial charge in [-0.3, -0.25) is 0 Å². The van der Waals surface area contributed by atoms with Gasteiger partial charge in [-0.25, -0.2) is 0 Å². The van der Waals surface area contributed by atoms with Gasteiger partial charge in [0.25, 0.3) is 0 Å². The summed E-state index contributed by atoms with van der Waals surface area (Å²) in [4.78, 5) is 0. The van der Waals surface area contributed by atoms with E-state index in [0.29, 0.717) is 0 Å². The first-order valence-electron chi connectivity index (χ1n) is 10.3. The quantitative estimate of drug-likeness (QED) is 0.240. The molecular weight excluding hydrogens is 348 g/mol. The minimum atomic E-state index is 1.03. The Morgan fingerprint density at radius 1 is 0.414 bits per heavy atom. The highest BCUT2D eigenvalue weighted by atomic mass is 14.3. The van der Waals surface area contributed by atoms with Crippen LogP contribution >= 0.6 is 0 Å². The summed E-state index contributed by atoms with van der Waals surface area (Å²) in [5, 5.41) is 10.8. The maximum atomic E-state index is 2.36. The molecule has 0 fully saturated rings. The second kappa shape index (κ2) is 5.46. The average Bonchev–Trinajstić information content (AvgIpc) is 3.17. The van der Waals surface area contributed by atoms with E-state index in [2.05, 4.69) is 97.1 Å². The lowest BCUT2D eigenvalue weighted by molar-refractivity contribution is 1.27. The van der Waals surface area contributed by atoms with Crippen LogP contribution in [0.25, 0.3) is 54.2 Å². The molecule has 0 heterocycles. The van der Waals surface area contributed by atoms with E-state index in [-0.39, 0.29) is 0 Å². The van der Waals surface area contributed by atoms with E-state index >= 15 is 0 Å². The first-order chi connectivity index (χ1) is 14.4. The molecule has 0 N–H and O–H groups in total. The largest absolute Gasteiger partial charge is 0.0619 e. The third-order valence-electron chi connectivity index (χ3n) is 6.64. The smallest absolute Gasteiger partial charge is 0.00132 e. The molecule has 134 valence electrons. The second-order valence-electron chi connectivity index (χ2n) is 8.11. The van der Waals surface area contributed by atoms with Gasteiger partial charge in [0, 0.05) is 0 Å². The molecule has 0 unspecified atom stereocenters. The molecule has 0 heteroatoms. The van der Waals surface area contributed by atoms with Gasteiger partial charge in [-0.15, -0.1) is 0 Å². The van der Waals surface area contributed by atoms with Crippen molar-refractivity contribution in [3.05, 3.63) is 108 Å². The fourth-order valence-electron chi connectivity index (χ4n) is 5.43. The Morgan fingerprint density at radius 2 is 1.10 bits per heavy atom. The highest BCUT2D eigenvalue weighted by Gasteiger charge is 2.23. The molecular formula is C29H18. The van der Waals surface area contributed by atoms with E-state index in [9.17, 15) is 0 Å². The fraction of sp³-hybridized carbons (Fsp3) is 0.0345. The lowest BCUT2D eigenvalue weighted by Gasteiger charge is -2.16. The zero-order chi connectivity index (χ0) is 18.9. The van der Waals surface area contributed by atoms with Crippen LogP contribution in [-0.4, -0.2) is 0 Å². The van der Waals surface area contributed by atoms with Gasteiger partial charge in [-0.05, 0) is 71.8 Å². The molecule has 29 heavy (non-hydrogen) atoms. The Morgan fingerprint density at radius 3 is 2.03 bits per heavy atom. The molecule has 7 rings (SSSR count). The van der Waals surface area contributed by atoms with E-state index < -0.39 is 0 Å². The van der Waals surface area contributed by atoms with Crippen molar-refractivity contribution in [2.24, 2.45) is 0 Å². The van der Waals surface area contributed by atoms with E-state index in [1.807, 2.05) is 0 Å². The van der Waals surface area contributed by atoms with Gasteiger partial charge in [0.1, 0.15) is 0 Å². The SMILES string of the molecule is c1ccc2c(c1)Cc1ccc3c(c1-2)c1ccccc1c1ccc2ccccc2c13. The van der Waals surface area contributed by atoms with E-state index in [1.54, 1.807) is 0 Å². The first-order valence-corrected chi connectivity index (χ1v) is 10.3. The Bertz CT molecular complexity index is 1620. The minimum absolute atomic E-state index is 1.03. The molecule has 0 spiro atoms. The van der Waals surface area contributed by atoms with Crippen LogP contribution in [0.2, 0.25) is 0 Å². The summed E-state index contributed by atoms with van der Waals surface area (Å²) in [6.07, 6.45) is 1.03. The van der Waals surface area contributed by atoms with E-state index in [1.165, 1.54) is 65.3 Å². The monoisotopic (exact) mass is 366 g/mol. The van der Waals surface area contributed by atoms with Crippen LogP contribution in [0.5, 0.6) is 0 Å². The number of benzene rings is 6. The number of fused-ring (bicyclic) bond motifs is 12. The third kappa shape index (κ3) is 1.93. The van der Waals surface area contributed by atoms with Crippen LogP contribution in [-0.2, 0) is 6.42 Å². The van der Waals surface area contributed by atoms with Crippen molar-refractivity contribution in [1.82, 2.24) is 0 Å². The van der Waals surface area contributed by atoms with Crippen molar-refractivity contribution in [2.75, 3.05) is 0 Å². The van der Waals surface area contributed by atoms with Crippen LogP contribution < -0.4 is 0 Å². The van der Waals surface area contributed by atoms with Gasteiger partial charge in [-0.2, -0.15) is 0 Å². The van der Waals surface area contributed by atoms with E-state index in [0.717, 1.165) is 6.42 Å². The number of hydrogen-bond acceptors (Lipinski definition) is 0. The molecule has 0 saturated carbocycles. The summed E-state index contributed by atoms with van der Waals surface area (Å²) in [6.45, 7) is 0. The van der Waals surface area contributed by atoms with Crippen LogP contribution in [0.3, 0.4) is 0 Å². The van der Waals surface area contributed by atoms with Crippen molar-refractivity contribution < 1.29 is 0 Å². The zero-order valence-corrected chi connectivity index (χ0v) is 15.9. The van der Waals surface area contributed by atoms with Crippen molar-refractivity contribution >= 4 is 43.1 Å². The van der Waals surface area contributed by atoms with Gasteiger partial charge in [0.2, 0.25) is 0 Å². The van der Waals surface area contributed by atoms with Crippen LogP contribution in [0, 0.1) is 0 Å². The lowest BCUT2D eigenvalue weighted by Crippen LogP contribution is -1.89. The Balaban J connectivity index is 1.83. The summed E-state index contributed by atoms with van der Waals surface area (Å²) >= 11 is 0. The van der Waals surface area contributed by atoms with Gasteiger partial charge in [0.15, 0.2) is 0 Å². The summed E-state index contributed by atoms with van der Waals surface area (Å²) < 4.78 is 0. The van der Waals surface area contributed by atoms with Crippen LogP contribution in [0.15, 0.2) is 97.1 Å². The van der Waals surface area contributed by atoms with Gasteiger partial charge in [0.05, 0.1) is 0 Å². The molecule has 1 aliphatic carbocycles. The summed E-state index contributed by atoms with van der Waals surface area (Å²) in [7, 11) is 0. The summed E-state index contributed by atoms with van der Waals surface area (Å²) in [5.41, 5.74) is 5.72. The number of hydrogen-bond donors (Lipinski definition) is 0. The fourth-order valence-corrected chi connectivity index (χ4v) is 5.43. The Kier molecular flexibility index (Phi) is 2.88. The molecule has 0 bridgehead atoms. The predicted molar refractivity (Wildman–Crippen MR) is 125 cm³/mol. The molecule has 6 aromatic rings. The van der Waals surface area contributed by atoms with Crippen LogP contribution in [0.1, 0.15) is 11.1 Å².